The van der Waals surface area contributed by atoms with E-state index in [1.165, 1.54) is 0 Å². The van der Waals surface area contributed by atoms with Crippen LogP contribution < -0.4 is 11.1 Å². The van der Waals surface area contributed by atoms with Crippen molar-refractivity contribution in [1.29, 1.82) is 0 Å². The molecular formula is C13H13ClN4O. The lowest BCUT2D eigenvalue weighted by molar-refractivity contribution is 0.0995. The zero-order chi connectivity index (χ0) is 13.6. The number of aromatic nitrogens is 2. The number of anilines is 1. The highest BCUT2D eigenvalue weighted by atomic mass is 35.5. The third-order valence-electron chi connectivity index (χ3n) is 3.38. The second-order valence-corrected chi connectivity index (χ2v) is 5.57. The predicted molar refractivity (Wildman–Crippen MR) is 74.3 cm³/mol. The number of primary amides is 1. The minimum absolute atomic E-state index is 0.00246. The second kappa shape index (κ2) is 4.06. The number of rotatable bonds is 3. The molecule has 2 aromatic rings. The van der Waals surface area contributed by atoms with Crippen LogP contribution in [0.1, 0.15) is 30.3 Å². The fourth-order valence-corrected chi connectivity index (χ4v) is 2.16. The van der Waals surface area contributed by atoms with Gasteiger partial charge < -0.3 is 11.1 Å². The Morgan fingerprint density at radius 3 is 2.79 bits per heavy atom. The van der Waals surface area contributed by atoms with Gasteiger partial charge >= 0.3 is 0 Å². The summed E-state index contributed by atoms with van der Waals surface area (Å²) in [5.74, 6) is -0.596. The number of nitrogens with one attached hydrogen (secondary N) is 1. The van der Waals surface area contributed by atoms with E-state index in [-0.39, 0.29) is 11.2 Å². The number of halogens is 1. The van der Waals surface area contributed by atoms with Crippen LogP contribution in [0.3, 0.4) is 0 Å². The molecular weight excluding hydrogens is 264 g/mol. The molecule has 1 aromatic carbocycles. The zero-order valence-electron chi connectivity index (χ0n) is 10.4. The van der Waals surface area contributed by atoms with Crippen molar-refractivity contribution >= 4 is 34.1 Å². The lowest BCUT2D eigenvalue weighted by Crippen LogP contribution is -2.22. The van der Waals surface area contributed by atoms with Gasteiger partial charge in [-0.1, -0.05) is 11.6 Å². The Kier molecular flexibility index (Phi) is 2.60. The van der Waals surface area contributed by atoms with E-state index in [0.717, 1.165) is 18.2 Å². The predicted octanol–water partition coefficient (Wildman–Crippen LogP) is 2.35. The van der Waals surface area contributed by atoms with Crippen LogP contribution in [0.4, 0.5) is 5.69 Å². The summed E-state index contributed by atoms with van der Waals surface area (Å²) in [5.41, 5.74) is 6.83. The van der Waals surface area contributed by atoms with Gasteiger partial charge in [-0.25, -0.2) is 0 Å². The van der Waals surface area contributed by atoms with E-state index in [4.69, 9.17) is 17.3 Å². The van der Waals surface area contributed by atoms with Gasteiger partial charge in [0.25, 0.3) is 5.91 Å². The first-order chi connectivity index (χ1) is 8.98. The first-order valence-electron chi connectivity index (χ1n) is 6.02. The van der Waals surface area contributed by atoms with Crippen molar-refractivity contribution in [3.63, 3.8) is 0 Å². The second-order valence-electron chi connectivity index (χ2n) is 5.13. The molecule has 1 saturated carbocycles. The largest absolute Gasteiger partial charge is 0.377 e. The van der Waals surface area contributed by atoms with Crippen molar-refractivity contribution in [3.05, 3.63) is 28.9 Å². The molecule has 0 spiro atoms. The number of fused-ring (bicyclic) bond motifs is 1. The topological polar surface area (TPSA) is 80.9 Å². The average Bonchev–Trinajstić information content (AvgIpc) is 3.07. The molecule has 5 nitrogen and oxygen atoms in total. The van der Waals surface area contributed by atoms with E-state index in [0.29, 0.717) is 16.2 Å². The average molecular weight is 277 g/mol. The molecule has 3 N–H and O–H groups in total. The van der Waals surface area contributed by atoms with E-state index in [9.17, 15) is 4.79 Å². The summed E-state index contributed by atoms with van der Waals surface area (Å²) < 4.78 is 0. The van der Waals surface area contributed by atoms with Crippen LogP contribution in [-0.4, -0.2) is 21.6 Å². The number of nitrogens with zero attached hydrogens (tertiary/aromatic N) is 2. The van der Waals surface area contributed by atoms with Crippen molar-refractivity contribution in [2.24, 2.45) is 5.73 Å². The monoisotopic (exact) mass is 276 g/mol. The number of hydrogen-bond donors (Lipinski definition) is 2. The van der Waals surface area contributed by atoms with Crippen LogP contribution >= 0.6 is 11.6 Å². The molecule has 3 rings (SSSR count). The third-order valence-corrected chi connectivity index (χ3v) is 3.62. The first-order valence-corrected chi connectivity index (χ1v) is 6.40. The fourth-order valence-electron chi connectivity index (χ4n) is 1.99. The van der Waals surface area contributed by atoms with Crippen LogP contribution in [-0.2, 0) is 0 Å². The van der Waals surface area contributed by atoms with Crippen molar-refractivity contribution in [2.45, 2.75) is 25.3 Å². The molecule has 1 heterocycles. The summed E-state index contributed by atoms with van der Waals surface area (Å²) in [6.07, 6.45) is 2.10. The molecule has 6 heteroatoms. The lowest BCUT2D eigenvalue weighted by Gasteiger charge is -2.17. The molecule has 0 bridgehead atoms. The molecule has 98 valence electrons. The van der Waals surface area contributed by atoms with Crippen molar-refractivity contribution in [1.82, 2.24) is 10.2 Å². The molecule has 1 aromatic heterocycles. The smallest absolute Gasteiger partial charge is 0.271 e. The molecule has 0 unspecified atom stereocenters. The minimum atomic E-state index is -0.596. The van der Waals surface area contributed by atoms with Crippen molar-refractivity contribution in [3.8, 4) is 0 Å². The number of benzene rings is 1. The van der Waals surface area contributed by atoms with Gasteiger partial charge in [0, 0.05) is 15.9 Å². The summed E-state index contributed by atoms with van der Waals surface area (Å²) in [6.45, 7) is 2.09. The van der Waals surface area contributed by atoms with Crippen LogP contribution in [0.15, 0.2) is 18.2 Å². The molecule has 0 saturated heterocycles. The third kappa shape index (κ3) is 2.21. The highest BCUT2D eigenvalue weighted by molar-refractivity contribution is 6.31. The minimum Gasteiger partial charge on any atom is -0.377 e. The van der Waals surface area contributed by atoms with Crippen LogP contribution in [0, 0.1) is 0 Å². The molecule has 1 aliphatic rings. The molecule has 1 fully saturated rings. The summed E-state index contributed by atoms with van der Waals surface area (Å²) in [5, 5.41) is 12.6. The van der Waals surface area contributed by atoms with E-state index in [1.54, 1.807) is 18.2 Å². The number of nitrogens with two attached hydrogens (primary N) is 1. The molecule has 1 aliphatic carbocycles. The van der Waals surface area contributed by atoms with E-state index in [1.807, 2.05) is 0 Å². The van der Waals surface area contributed by atoms with Gasteiger partial charge in [-0.15, -0.1) is 10.2 Å². The number of carbonyl (C=O) groups excluding carboxylic acids is 1. The summed E-state index contributed by atoms with van der Waals surface area (Å²) in [6, 6.07) is 5.28. The fraction of sp³-hybridized carbons (Fsp3) is 0.308. The maximum Gasteiger partial charge on any atom is 0.271 e. The van der Waals surface area contributed by atoms with Gasteiger partial charge in [-0.2, -0.15) is 0 Å². The van der Waals surface area contributed by atoms with Crippen LogP contribution in [0.5, 0.6) is 0 Å². The van der Waals surface area contributed by atoms with Crippen molar-refractivity contribution in [2.75, 3.05) is 5.32 Å². The Hall–Kier alpha value is -1.88. The van der Waals surface area contributed by atoms with E-state index in [2.05, 4.69) is 22.4 Å². The Labute approximate surface area is 115 Å². The van der Waals surface area contributed by atoms with Gasteiger partial charge in [-0.3, -0.25) is 4.79 Å². The molecule has 1 amide bonds. The normalized spacial score (nSPS) is 16.3. The maximum absolute atomic E-state index is 11.5. The Morgan fingerprint density at radius 2 is 2.16 bits per heavy atom. The number of hydrogen-bond acceptors (Lipinski definition) is 4. The lowest BCUT2D eigenvalue weighted by atomic mass is 10.1. The Bertz CT molecular complexity index is 682. The molecule has 0 atom stereocenters. The Balaban J connectivity index is 2.24. The van der Waals surface area contributed by atoms with Crippen LogP contribution in [0.25, 0.3) is 10.9 Å². The van der Waals surface area contributed by atoms with Gasteiger partial charge in [0.05, 0.1) is 11.2 Å². The van der Waals surface area contributed by atoms with Crippen molar-refractivity contribution < 1.29 is 4.79 Å². The molecule has 0 aliphatic heterocycles. The van der Waals surface area contributed by atoms with E-state index >= 15 is 0 Å². The van der Waals surface area contributed by atoms with Gasteiger partial charge in [-0.05, 0) is 38.0 Å². The van der Waals surface area contributed by atoms with Gasteiger partial charge in [0.1, 0.15) is 0 Å². The summed E-state index contributed by atoms with van der Waals surface area (Å²) in [7, 11) is 0. The first kappa shape index (κ1) is 12.2. The summed E-state index contributed by atoms with van der Waals surface area (Å²) in [4.78, 5) is 11.5. The van der Waals surface area contributed by atoms with Gasteiger partial charge in [0.2, 0.25) is 0 Å². The van der Waals surface area contributed by atoms with Crippen LogP contribution in [0.2, 0.25) is 5.02 Å². The SMILES string of the molecule is CC1(Nc2c(C(N)=O)nnc3ccc(Cl)cc23)CC1. The quantitative estimate of drug-likeness (QED) is 0.902. The standard InChI is InChI=1S/C13H13ClN4O/c1-13(4-5-13)16-10-8-6-7(14)2-3-9(8)17-18-11(10)12(15)19/h2-3,6H,4-5H2,1H3,(H2,15,19)(H,16,17). The summed E-state index contributed by atoms with van der Waals surface area (Å²) >= 11 is 6.02. The van der Waals surface area contributed by atoms with Gasteiger partial charge in [0.15, 0.2) is 5.69 Å². The molecule has 0 radical (unpaired) electrons. The Morgan fingerprint density at radius 1 is 1.42 bits per heavy atom. The highest BCUT2D eigenvalue weighted by Crippen LogP contribution is 2.40. The van der Waals surface area contributed by atoms with E-state index < -0.39 is 5.91 Å². The zero-order valence-corrected chi connectivity index (χ0v) is 11.2. The number of amides is 1. The number of carbonyl (C=O) groups is 1. The maximum atomic E-state index is 11.5. The highest BCUT2D eigenvalue weighted by Gasteiger charge is 2.38. The molecule has 19 heavy (non-hydrogen) atoms.